The van der Waals surface area contributed by atoms with Gasteiger partial charge in [-0.1, -0.05) is 30.3 Å². The molecule has 1 amide bonds. The number of hydrogen-bond donors (Lipinski definition) is 1. The number of amides is 1. The largest absolute Gasteiger partial charge is 0.356 e. The van der Waals surface area contributed by atoms with Crippen molar-refractivity contribution in [3.05, 3.63) is 66.4 Å². The standard InChI is InChI=1S/C20H22N6O/c27-19(22-14-16-7-3-1-4-8-16)17-13-18(25-10-5-2-6-11-25)24-20(23-17)26-12-9-21-15-26/h1,3-4,7-9,12-13,15H,2,5-6,10-11,14H2,(H,22,27). The number of carbonyl (C=O) groups excluding carboxylic acids is 1. The molecule has 7 nitrogen and oxygen atoms in total. The lowest BCUT2D eigenvalue weighted by molar-refractivity contribution is 0.0945. The van der Waals surface area contributed by atoms with Gasteiger partial charge in [-0.3, -0.25) is 9.36 Å². The van der Waals surface area contributed by atoms with E-state index in [0.717, 1.165) is 37.3 Å². The predicted octanol–water partition coefficient (Wildman–Crippen LogP) is 2.58. The Morgan fingerprint density at radius 3 is 2.63 bits per heavy atom. The maximum absolute atomic E-state index is 12.7. The van der Waals surface area contributed by atoms with Crippen molar-refractivity contribution in [2.75, 3.05) is 18.0 Å². The Morgan fingerprint density at radius 1 is 1.07 bits per heavy atom. The molecule has 138 valence electrons. The van der Waals surface area contributed by atoms with Gasteiger partial charge in [-0.2, -0.15) is 4.98 Å². The minimum Gasteiger partial charge on any atom is -0.356 e. The molecular formula is C20H22N6O. The summed E-state index contributed by atoms with van der Waals surface area (Å²) >= 11 is 0. The number of nitrogens with zero attached hydrogens (tertiary/aromatic N) is 5. The van der Waals surface area contributed by atoms with E-state index in [1.165, 1.54) is 6.42 Å². The summed E-state index contributed by atoms with van der Waals surface area (Å²) in [5.74, 6) is 1.04. The molecule has 0 bridgehead atoms. The highest BCUT2D eigenvalue weighted by atomic mass is 16.1. The molecule has 0 aliphatic carbocycles. The molecule has 27 heavy (non-hydrogen) atoms. The van der Waals surface area contributed by atoms with E-state index in [0.29, 0.717) is 18.2 Å². The number of imidazole rings is 1. The lowest BCUT2D eigenvalue weighted by Crippen LogP contribution is -2.31. The van der Waals surface area contributed by atoms with Crippen molar-refractivity contribution in [3.8, 4) is 5.95 Å². The number of nitrogens with one attached hydrogen (secondary N) is 1. The van der Waals surface area contributed by atoms with Crippen LogP contribution in [-0.2, 0) is 6.54 Å². The van der Waals surface area contributed by atoms with Crippen molar-refractivity contribution in [1.82, 2.24) is 24.8 Å². The second-order valence-corrected chi connectivity index (χ2v) is 6.60. The number of rotatable bonds is 5. The fraction of sp³-hybridized carbons (Fsp3) is 0.300. The molecule has 0 saturated carbocycles. The van der Waals surface area contributed by atoms with Gasteiger partial charge in [0.25, 0.3) is 5.91 Å². The van der Waals surface area contributed by atoms with E-state index in [1.54, 1.807) is 29.4 Å². The van der Waals surface area contributed by atoms with Gasteiger partial charge in [0.1, 0.15) is 17.8 Å². The Labute approximate surface area is 158 Å². The van der Waals surface area contributed by atoms with Gasteiger partial charge in [0.15, 0.2) is 0 Å². The maximum Gasteiger partial charge on any atom is 0.270 e. The highest BCUT2D eigenvalue weighted by Crippen LogP contribution is 2.20. The van der Waals surface area contributed by atoms with Crippen LogP contribution in [0.5, 0.6) is 0 Å². The van der Waals surface area contributed by atoms with Crippen LogP contribution in [0.25, 0.3) is 5.95 Å². The molecule has 3 aromatic rings. The molecule has 0 radical (unpaired) electrons. The van der Waals surface area contributed by atoms with Gasteiger partial charge in [-0.15, -0.1) is 0 Å². The normalized spacial score (nSPS) is 14.1. The first-order chi connectivity index (χ1) is 13.3. The van der Waals surface area contributed by atoms with Crippen LogP contribution in [0.2, 0.25) is 0 Å². The predicted molar refractivity (Wildman–Crippen MR) is 103 cm³/mol. The van der Waals surface area contributed by atoms with E-state index in [1.807, 2.05) is 30.3 Å². The fourth-order valence-electron chi connectivity index (χ4n) is 3.19. The molecule has 2 aromatic heterocycles. The first-order valence-electron chi connectivity index (χ1n) is 9.24. The lowest BCUT2D eigenvalue weighted by Gasteiger charge is -2.28. The summed E-state index contributed by atoms with van der Waals surface area (Å²) < 4.78 is 1.72. The zero-order valence-corrected chi connectivity index (χ0v) is 15.1. The molecule has 7 heteroatoms. The summed E-state index contributed by atoms with van der Waals surface area (Å²) in [7, 11) is 0. The van der Waals surface area contributed by atoms with Gasteiger partial charge in [0.05, 0.1) is 0 Å². The Hall–Kier alpha value is -3.22. The van der Waals surface area contributed by atoms with Crippen molar-refractivity contribution in [3.63, 3.8) is 0 Å². The number of carbonyl (C=O) groups is 1. The highest BCUT2D eigenvalue weighted by Gasteiger charge is 2.18. The van der Waals surface area contributed by atoms with Crippen LogP contribution in [0.4, 0.5) is 5.82 Å². The molecule has 3 heterocycles. The van der Waals surface area contributed by atoms with Gasteiger partial charge in [-0.05, 0) is 24.8 Å². The molecule has 0 unspecified atom stereocenters. The average Bonchev–Trinajstić information content (AvgIpc) is 3.28. The minimum atomic E-state index is -0.208. The number of piperidine rings is 1. The van der Waals surface area contributed by atoms with Crippen LogP contribution < -0.4 is 10.2 Å². The molecular weight excluding hydrogens is 340 g/mol. The van der Waals surface area contributed by atoms with E-state index in [2.05, 4.69) is 25.2 Å². The van der Waals surface area contributed by atoms with Gasteiger partial charge in [-0.25, -0.2) is 9.97 Å². The molecule has 1 aliphatic heterocycles. The molecule has 1 N–H and O–H groups in total. The number of aromatic nitrogens is 4. The monoisotopic (exact) mass is 362 g/mol. The third-order valence-electron chi connectivity index (χ3n) is 4.64. The summed E-state index contributed by atoms with van der Waals surface area (Å²) in [4.78, 5) is 28.1. The van der Waals surface area contributed by atoms with Crippen molar-refractivity contribution in [2.45, 2.75) is 25.8 Å². The van der Waals surface area contributed by atoms with E-state index in [9.17, 15) is 4.79 Å². The second-order valence-electron chi connectivity index (χ2n) is 6.60. The zero-order chi connectivity index (χ0) is 18.5. The van der Waals surface area contributed by atoms with Crippen LogP contribution in [0.15, 0.2) is 55.1 Å². The Bertz CT molecular complexity index is 888. The van der Waals surface area contributed by atoms with Crippen LogP contribution >= 0.6 is 0 Å². The zero-order valence-electron chi connectivity index (χ0n) is 15.1. The van der Waals surface area contributed by atoms with E-state index < -0.39 is 0 Å². The second kappa shape index (κ2) is 7.99. The maximum atomic E-state index is 12.7. The van der Waals surface area contributed by atoms with Gasteiger partial charge >= 0.3 is 0 Å². The third kappa shape index (κ3) is 4.13. The van der Waals surface area contributed by atoms with Gasteiger partial charge in [0, 0.05) is 38.1 Å². The Balaban J connectivity index is 1.60. The number of benzene rings is 1. The van der Waals surface area contributed by atoms with Crippen LogP contribution in [-0.4, -0.2) is 38.5 Å². The number of anilines is 1. The fourth-order valence-corrected chi connectivity index (χ4v) is 3.19. The van der Waals surface area contributed by atoms with E-state index in [4.69, 9.17) is 0 Å². The van der Waals surface area contributed by atoms with Gasteiger partial charge in [0.2, 0.25) is 5.95 Å². The quantitative estimate of drug-likeness (QED) is 0.755. The topological polar surface area (TPSA) is 75.9 Å². The smallest absolute Gasteiger partial charge is 0.270 e. The van der Waals surface area contributed by atoms with Crippen molar-refractivity contribution in [1.29, 1.82) is 0 Å². The molecule has 0 spiro atoms. The van der Waals surface area contributed by atoms with Crippen molar-refractivity contribution < 1.29 is 4.79 Å². The summed E-state index contributed by atoms with van der Waals surface area (Å²) in [6, 6.07) is 11.6. The SMILES string of the molecule is O=C(NCc1ccccc1)c1cc(N2CCCCC2)nc(-n2ccnc2)n1. The van der Waals surface area contributed by atoms with Gasteiger partial charge < -0.3 is 10.2 Å². The van der Waals surface area contributed by atoms with E-state index in [-0.39, 0.29) is 5.91 Å². The first-order valence-corrected chi connectivity index (χ1v) is 9.24. The summed E-state index contributed by atoms with van der Waals surface area (Å²) in [6.07, 6.45) is 8.61. The molecule has 0 atom stereocenters. The third-order valence-corrected chi connectivity index (χ3v) is 4.64. The lowest BCUT2D eigenvalue weighted by atomic mass is 10.1. The highest BCUT2D eigenvalue weighted by molar-refractivity contribution is 5.93. The Kier molecular flexibility index (Phi) is 5.09. The average molecular weight is 362 g/mol. The number of hydrogen-bond acceptors (Lipinski definition) is 5. The van der Waals surface area contributed by atoms with Crippen molar-refractivity contribution in [2.24, 2.45) is 0 Å². The molecule has 1 fully saturated rings. The summed E-state index contributed by atoms with van der Waals surface area (Å²) in [5.41, 5.74) is 1.41. The first kappa shape index (κ1) is 17.2. The molecule has 1 saturated heterocycles. The van der Waals surface area contributed by atoms with Crippen molar-refractivity contribution >= 4 is 11.7 Å². The molecule has 1 aromatic carbocycles. The summed E-state index contributed by atoms with van der Waals surface area (Å²) in [5, 5.41) is 2.95. The molecule has 4 rings (SSSR count). The van der Waals surface area contributed by atoms with Crippen LogP contribution in [0.3, 0.4) is 0 Å². The van der Waals surface area contributed by atoms with Crippen LogP contribution in [0.1, 0.15) is 35.3 Å². The van der Waals surface area contributed by atoms with E-state index >= 15 is 0 Å². The van der Waals surface area contributed by atoms with Crippen LogP contribution in [0, 0.1) is 0 Å². The minimum absolute atomic E-state index is 0.208. The summed E-state index contributed by atoms with van der Waals surface area (Å²) in [6.45, 7) is 2.36. The Morgan fingerprint density at radius 2 is 1.89 bits per heavy atom. The molecule has 1 aliphatic rings.